The Kier molecular flexibility index (Phi) is 8.71. The van der Waals surface area contributed by atoms with Gasteiger partial charge in [-0.15, -0.1) is 0 Å². The van der Waals surface area contributed by atoms with Crippen LogP contribution >= 0.6 is 11.6 Å². The maximum absolute atomic E-state index is 6.27. The van der Waals surface area contributed by atoms with Gasteiger partial charge in [-0.05, 0) is 23.5 Å². The highest BCUT2D eigenvalue weighted by molar-refractivity contribution is 6.33. The Balaban J connectivity index is 0.00000172. The largest absolute Gasteiger partial charge is 0.492 e. The van der Waals surface area contributed by atoms with Gasteiger partial charge in [0.1, 0.15) is 16.5 Å². The number of hydrogen-bond donors (Lipinski definition) is 0. The first-order valence-corrected chi connectivity index (χ1v) is 7.71. The molecular weight excluding hydrogens is 272 g/mol. The van der Waals surface area contributed by atoms with Gasteiger partial charge < -0.3 is 9.47 Å². The van der Waals surface area contributed by atoms with Gasteiger partial charge in [-0.2, -0.15) is 0 Å². The number of rotatable bonds is 5. The predicted molar refractivity (Wildman–Crippen MR) is 88.1 cm³/mol. The summed E-state index contributed by atoms with van der Waals surface area (Å²) >= 11 is 6.27. The molecule has 0 amide bonds. The molecule has 0 aromatic heterocycles. The first-order valence-electron chi connectivity index (χ1n) is 7.34. The molecule has 0 saturated heterocycles. The molecule has 0 unspecified atom stereocenters. The lowest BCUT2D eigenvalue weighted by atomic mass is 9.99. The fourth-order valence-corrected chi connectivity index (χ4v) is 1.50. The maximum Gasteiger partial charge on any atom is 0.141 e. The smallest absolute Gasteiger partial charge is 0.141 e. The van der Waals surface area contributed by atoms with Gasteiger partial charge in [0.25, 0.3) is 0 Å². The van der Waals surface area contributed by atoms with E-state index in [-0.39, 0.29) is 5.41 Å². The molecule has 1 aromatic carbocycles. The minimum atomic E-state index is 0.109. The van der Waals surface area contributed by atoms with Gasteiger partial charge in [0.05, 0.1) is 13.2 Å². The van der Waals surface area contributed by atoms with Gasteiger partial charge in [-0.25, -0.2) is 0 Å². The average molecular weight is 301 g/mol. The molecule has 0 atom stereocenters. The van der Waals surface area contributed by atoms with Gasteiger partial charge in [-0.1, -0.05) is 66.1 Å². The third kappa shape index (κ3) is 7.64. The SMILES string of the molecule is CC.CC(C)COc1cccc(OCC(C)(C)C)c1Cl. The van der Waals surface area contributed by atoms with Gasteiger partial charge in [0, 0.05) is 0 Å². The molecule has 0 aliphatic heterocycles. The van der Waals surface area contributed by atoms with Crippen molar-refractivity contribution in [2.24, 2.45) is 11.3 Å². The molecule has 0 aliphatic carbocycles. The zero-order valence-electron chi connectivity index (χ0n) is 13.9. The molecule has 0 fully saturated rings. The molecule has 0 saturated carbocycles. The van der Waals surface area contributed by atoms with Crippen molar-refractivity contribution in [1.82, 2.24) is 0 Å². The molecule has 2 nitrogen and oxygen atoms in total. The Labute approximate surface area is 129 Å². The zero-order chi connectivity index (χ0) is 15.8. The molecule has 0 N–H and O–H groups in total. The summed E-state index contributed by atoms with van der Waals surface area (Å²) in [6, 6.07) is 5.64. The summed E-state index contributed by atoms with van der Waals surface area (Å²) in [5.74, 6) is 1.85. The summed E-state index contributed by atoms with van der Waals surface area (Å²) < 4.78 is 11.4. The molecule has 0 bridgehead atoms. The van der Waals surface area contributed by atoms with E-state index in [0.717, 1.165) is 0 Å². The fourth-order valence-electron chi connectivity index (χ4n) is 1.26. The van der Waals surface area contributed by atoms with Crippen LogP contribution in [0.5, 0.6) is 11.5 Å². The van der Waals surface area contributed by atoms with Crippen LogP contribution in [0.1, 0.15) is 48.5 Å². The molecule has 3 heteroatoms. The van der Waals surface area contributed by atoms with E-state index in [0.29, 0.717) is 35.7 Å². The average Bonchev–Trinajstić information content (AvgIpc) is 2.37. The second-order valence-corrected chi connectivity index (χ2v) is 6.50. The van der Waals surface area contributed by atoms with Crippen molar-refractivity contribution in [2.75, 3.05) is 13.2 Å². The number of ether oxygens (including phenoxy) is 2. The van der Waals surface area contributed by atoms with Gasteiger partial charge in [0.15, 0.2) is 0 Å². The predicted octanol–water partition coefficient (Wildman–Crippen LogP) is 5.83. The van der Waals surface area contributed by atoms with Crippen LogP contribution in [0.4, 0.5) is 0 Å². The molecule has 116 valence electrons. The van der Waals surface area contributed by atoms with E-state index in [9.17, 15) is 0 Å². The summed E-state index contributed by atoms with van der Waals surface area (Å²) in [4.78, 5) is 0. The second kappa shape index (κ2) is 9.12. The van der Waals surface area contributed by atoms with Crippen LogP contribution < -0.4 is 9.47 Å². The first-order chi connectivity index (χ1) is 9.29. The Bertz CT molecular complexity index is 381. The van der Waals surface area contributed by atoms with Crippen LogP contribution in [0.25, 0.3) is 0 Å². The standard InChI is InChI=1S/C15H23ClO2.C2H6/c1-11(2)9-17-12-7-6-8-13(14(12)16)18-10-15(3,4)5;1-2/h6-8,11H,9-10H2,1-5H3;1-2H3. The monoisotopic (exact) mass is 300 g/mol. The van der Waals surface area contributed by atoms with Gasteiger partial charge >= 0.3 is 0 Å². The molecule has 0 aliphatic rings. The summed E-state index contributed by atoms with van der Waals surface area (Å²) in [6.45, 7) is 15.9. The van der Waals surface area contributed by atoms with Crippen LogP contribution in [0.2, 0.25) is 5.02 Å². The Morgan fingerprint density at radius 3 is 2.00 bits per heavy atom. The lowest BCUT2D eigenvalue weighted by molar-refractivity contribution is 0.196. The number of hydrogen-bond acceptors (Lipinski definition) is 2. The maximum atomic E-state index is 6.27. The van der Waals surface area contributed by atoms with E-state index in [1.54, 1.807) is 0 Å². The topological polar surface area (TPSA) is 18.5 Å². The van der Waals surface area contributed by atoms with Crippen molar-refractivity contribution in [3.63, 3.8) is 0 Å². The van der Waals surface area contributed by atoms with Crippen molar-refractivity contribution in [2.45, 2.75) is 48.5 Å². The minimum absolute atomic E-state index is 0.109. The third-order valence-electron chi connectivity index (χ3n) is 2.16. The fraction of sp³-hybridized carbons (Fsp3) is 0.647. The lowest BCUT2D eigenvalue weighted by Crippen LogP contribution is -2.17. The molecule has 20 heavy (non-hydrogen) atoms. The quantitative estimate of drug-likeness (QED) is 0.681. The molecule has 1 rings (SSSR count). The summed E-state index contributed by atoms with van der Waals surface area (Å²) in [6.07, 6.45) is 0. The van der Waals surface area contributed by atoms with Crippen LogP contribution in [-0.2, 0) is 0 Å². The van der Waals surface area contributed by atoms with Crippen molar-refractivity contribution >= 4 is 11.6 Å². The van der Waals surface area contributed by atoms with E-state index in [2.05, 4.69) is 34.6 Å². The molecule has 0 radical (unpaired) electrons. The molecular formula is C17H29ClO2. The Morgan fingerprint density at radius 1 is 1.05 bits per heavy atom. The van der Waals surface area contributed by atoms with E-state index >= 15 is 0 Å². The Hall–Kier alpha value is -0.890. The van der Waals surface area contributed by atoms with Crippen molar-refractivity contribution < 1.29 is 9.47 Å². The number of benzene rings is 1. The number of halogens is 1. The highest BCUT2D eigenvalue weighted by Crippen LogP contribution is 2.34. The first kappa shape index (κ1) is 19.1. The van der Waals surface area contributed by atoms with Crippen LogP contribution in [-0.4, -0.2) is 13.2 Å². The molecule has 0 spiro atoms. The third-order valence-corrected chi connectivity index (χ3v) is 2.53. The highest BCUT2D eigenvalue weighted by atomic mass is 35.5. The Morgan fingerprint density at radius 2 is 1.55 bits per heavy atom. The lowest BCUT2D eigenvalue weighted by Gasteiger charge is -2.20. The van der Waals surface area contributed by atoms with Crippen molar-refractivity contribution in [1.29, 1.82) is 0 Å². The van der Waals surface area contributed by atoms with Gasteiger partial charge in [-0.3, -0.25) is 0 Å². The van der Waals surface area contributed by atoms with Gasteiger partial charge in [0.2, 0.25) is 0 Å². The van der Waals surface area contributed by atoms with E-state index < -0.39 is 0 Å². The van der Waals surface area contributed by atoms with Crippen molar-refractivity contribution in [3.8, 4) is 11.5 Å². The normalized spacial score (nSPS) is 10.8. The zero-order valence-corrected chi connectivity index (χ0v) is 14.7. The van der Waals surface area contributed by atoms with E-state index in [1.165, 1.54) is 0 Å². The summed E-state index contributed by atoms with van der Waals surface area (Å²) in [7, 11) is 0. The second-order valence-electron chi connectivity index (χ2n) is 6.12. The minimum Gasteiger partial charge on any atom is -0.492 e. The summed E-state index contributed by atoms with van der Waals surface area (Å²) in [5, 5.41) is 0.558. The van der Waals surface area contributed by atoms with E-state index in [4.69, 9.17) is 21.1 Å². The van der Waals surface area contributed by atoms with Crippen LogP contribution in [0.15, 0.2) is 18.2 Å². The van der Waals surface area contributed by atoms with Crippen molar-refractivity contribution in [3.05, 3.63) is 23.2 Å². The van der Waals surface area contributed by atoms with Crippen LogP contribution in [0.3, 0.4) is 0 Å². The summed E-state index contributed by atoms with van der Waals surface area (Å²) in [5.41, 5.74) is 0.109. The molecule has 0 heterocycles. The van der Waals surface area contributed by atoms with Crippen LogP contribution in [0, 0.1) is 11.3 Å². The highest BCUT2D eigenvalue weighted by Gasteiger charge is 2.14. The molecule has 1 aromatic rings. The van der Waals surface area contributed by atoms with E-state index in [1.807, 2.05) is 32.0 Å².